The van der Waals surface area contributed by atoms with Crippen molar-refractivity contribution in [2.75, 3.05) is 0 Å². The first-order chi connectivity index (χ1) is 12.7. The second-order valence-electron chi connectivity index (χ2n) is 5.89. The van der Waals surface area contributed by atoms with Gasteiger partial charge in [-0.3, -0.25) is 0 Å². The highest BCUT2D eigenvalue weighted by Gasteiger charge is 2.32. The molecule has 9 heteroatoms. The molecular formula is C18H16F3N3O2S. The van der Waals surface area contributed by atoms with E-state index in [0.717, 1.165) is 18.2 Å². The number of hydrogen-bond donors (Lipinski definition) is 1. The van der Waals surface area contributed by atoms with Crippen molar-refractivity contribution in [3.63, 3.8) is 0 Å². The Morgan fingerprint density at radius 2 is 1.78 bits per heavy atom. The number of benzene rings is 2. The fourth-order valence-electron chi connectivity index (χ4n) is 2.63. The standard InChI is InChI=1S/C18H16F3N3O2S/c1-24-11-10-22-17(24)16(13-6-3-2-4-7-13)23-27(25,26)15-9-5-8-14(12-15)18(19,20)21/h2-12,16,23H,1H3/t16-/m1/s1. The lowest BCUT2D eigenvalue weighted by molar-refractivity contribution is -0.137. The maximum Gasteiger partial charge on any atom is 0.416 e. The zero-order chi connectivity index (χ0) is 19.7. The third-order valence-corrected chi connectivity index (χ3v) is 5.41. The van der Waals surface area contributed by atoms with Gasteiger partial charge < -0.3 is 4.57 Å². The van der Waals surface area contributed by atoms with Crippen LogP contribution in [-0.2, 0) is 23.2 Å². The predicted molar refractivity (Wildman–Crippen MR) is 93.3 cm³/mol. The Hall–Kier alpha value is -2.65. The summed E-state index contributed by atoms with van der Waals surface area (Å²) in [4.78, 5) is 3.72. The smallest absolute Gasteiger partial charge is 0.336 e. The zero-order valence-corrected chi connectivity index (χ0v) is 15.0. The maximum absolute atomic E-state index is 12.9. The molecule has 0 bridgehead atoms. The minimum absolute atomic E-state index is 0.414. The molecule has 1 aromatic heterocycles. The second kappa shape index (κ2) is 7.16. The molecule has 0 saturated carbocycles. The van der Waals surface area contributed by atoms with Crippen LogP contribution in [0.5, 0.6) is 0 Å². The number of hydrogen-bond acceptors (Lipinski definition) is 3. The van der Waals surface area contributed by atoms with Gasteiger partial charge in [-0.25, -0.2) is 13.4 Å². The van der Waals surface area contributed by atoms with Crippen LogP contribution in [0.2, 0.25) is 0 Å². The Morgan fingerprint density at radius 3 is 2.37 bits per heavy atom. The first-order valence-corrected chi connectivity index (χ1v) is 9.38. The highest BCUT2D eigenvalue weighted by atomic mass is 32.2. The topological polar surface area (TPSA) is 64.0 Å². The van der Waals surface area contributed by atoms with Gasteiger partial charge in [0.1, 0.15) is 11.9 Å². The van der Waals surface area contributed by atoms with Gasteiger partial charge in [0.2, 0.25) is 10.0 Å². The summed E-state index contributed by atoms with van der Waals surface area (Å²) < 4.78 is 68.5. The number of rotatable bonds is 5. The van der Waals surface area contributed by atoms with Crippen molar-refractivity contribution in [2.45, 2.75) is 17.1 Å². The zero-order valence-electron chi connectivity index (χ0n) is 14.2. The molecule has 0 amide bonds. The molecule has 1 heterocycles. The summed E-state index contributed by atoms with van der Waals surface area (Å²) in [5.41, 5.74) is -0.416. The molecule has 0 saturated heterocycles. The lowest BCUT2D eigenvalue weighted by Crippen LogP contribution is -2.31. The third-order valence-electron chi connectivity index (χ3n) is 3.99. The van der Waals surface area contributed by atoms with E-state index in [9.17, 15) is 21.6 Å². The van der Waals surface area contributed by atoms with E-state index in [2.05, 4.69) is 9.71 Å². The Bertz CT molecular complexity index is 1030. The van der Waals surface area contributed by atoms with Crippen LogP contribution in [0.15, 0.2) is 71.9 Å². The van der Waals surface area contributed by atoms with Gasteiger partial charge in [0.25, 0.3) is 0 Å². The van der Waals surface area contributed by atoms with Gasteiger partial charge in [0, 0.05) is 19.4 Å². The van der Waals surface area contributed by atoms with E-state index in [-0.39, 0.29) is 0 Å². The predicted octanol–water partition coefficient (Wildman–Crippen LogP) is 3.51. The quantitative estimate of drug-likeness (QED) is 0.719. The van der Waals surface area contributed by atoms with E-state index in [1.807, 2.05) is 0 Å². The van der Waals surface area contributed by atoms with Crippen LogP contribution < -0.4 is 4.72 Å². The number of nitrogens with zero attached hydrogens (tertiary/aromatic N) is 2. The van der Waals surface area contributed by atoms with Crippen molar-refractivity contribution in [3.05, 3.63) is 83.9 Å². The first-order valence-electron chi connectivity index (χ1n) is 7.90. The second-order valence-corrected chi connectivity index (χ2v) is 7.60. The fraction of sp³-hybridized carbons (Fsp3) is 0.167. The third kappa shape index (κ3) is 4.20. The maximum atomic E-state index is 12.9. The van der Waals surface area contributed by atoms with E-state index in [4.69, 9.17) is 0 Å². The average molecular weight is 395 g/mol. The van der Waals surface area contributed by atoms with Crippen molar-refractivity contribution in [3.8, 4) is 0 Å². The molecule has 27 heavy (non-hydrogen) atoms. The van der Waals surface area contributed by atoms with Gasteiger partial charge in [-0.15, -0.1) is 0 Å². The van der Waals surface area contributed by atoms with Crippen molar-refractivity contribution >= 4 is 10.0 Å². The Morgan fingerprint density at radius 1 is 1.07 bits per heavy atom. The Kier molecular flexibility index (Phi) is 5.07. The van der Waals surface area contributed by atoms with Crippen molar-refractivity contribution in [2.24, 2.45) is 7.05 Å². The summed E-state index contributed by atoms with van der Waals surface area (Å²) in [7, 11) is -2.53. The minimum atomic E-state index is -4.63. The van der Waals surface area contributed by atoms with Gasteiger partial charge >= 0.3 is 6.18 Å². The van der Waals surface area contributed by atoms with E-state index in [0.29, 0.717) is 17.5 Å². The molecule has 1 N–H and O–H groups in total. The number of imidazole rings is 1. The van der Waals surface area contributed by atoms with Crippen LogP contribution in [0.3, 0.4) is 0 Å². The van der Waals surface area contributed by atoms with Gasteiger partial charge in [-0.05, 0) is 23.8 Å². The van der Waals surface area contributed by atoms with Gasteiger partial charge in [0.05, 0.1) is 10.5 Å². The van der Waals surface area contributed by atoms with E-state index >= 15 is 0 Å². The molecule has 3 rings (SSSR count). The summed E-state index contributed by atoms with van der Waals surface area (Å²) in [6.07, 6.45) is -1.46. The number of sulfonamides is 1. The van der Waals surface area contributed by atoms with Crippen LogP contribution in [0.4, 0.5) is 13.2 Å². The number of nitrogens with one attached hydrogen (secondary N) is 1. The summed E-state index contributed by atoms with van der Waals surface area (Å²) in [5, 5.41) is 0. The lowest BCUT2D eigenvalue weighted by atomic mass is 10.1. The van der Waals surface area contributed by atoms with Crippen LogP contribution in [-0.4, -0.2) is 18.0 Å². The van der Waals surface area contributed by atoms with Crippen LogP contribution >= 0.6 is 0 Å². The highest BCUT2D eigenvalue weighted by Crippen LogP contribution is 2.31. The lowest BCUT2D eigenvalue weighted by Gasteiger charge is -2.19. The molecule has 0 fully saturated rings. The van der Waals surface area contributed by atoms with E-state index in [1.165, 1.54) is 6.20 Å². The van der Waals surface area contributed by atoms with Crippen LogP contribution in [0.1, 0.15) is 23.0 Å². The van der Waals surface area contributed by atoms with Crippen molar-refractivity contribution in [1.82, 2.24) is 14.3 Å². The number of halogens is 3. The monoisotopic (exact) mass is 395 g/mol. The molecule has 142 valence electrons. The Balaban J connectivity index is 2.02. The normalized spacial score (nSPS) is 13.5. The van der Waals surface area contributed by atoms with E-state index < -0.39 is 32.7 Å². The van der Waals surface area contributed by atoms with Gasteiger partial charge in [-0.1, -0.05) is 36.4 Å². The SMILES string of the molecule is Cn1ccnc1[C@H](NS(=O)(=O)c1cccc(C(F)(F)F)c1)c1ccccc1. The minimum Gasteiger partial charge on any atom is -0.336 e. The van der Waals surface area contributed by atoms with Crippen molar-refractivity contribution < 1.29 is 21.6 Å². The summed E-state index contributed by atoms with van der Waals surface area (Å²) in [6.45, 7) is 0. The fourth-order valence-corrected chi connectivity index (χ4v) is 3.86. The molecule has 0 aliphatic heterocycles. The summed E-state index contributed by atoms with van der Waals surface area (Å²) in [5.74, 6) is 0.414. The molecule has 0 spiro atoms. The molecule has 1 atom stereocenters. The number of aryl methyl sites for hydroxylation is 1. The molecular weight excluding hydrogens is 379 g/mol. The molecule has 3 aromatic rings. The summed E-state index contributed by atoms with van der Waals surface area (Å²) >= 11 is 0. The van der Waals surface area contributed by atoms with E-state index in [1.54, 1.807) is 48.1 Å². The highest BCUT2D eigenvalue weighted by molar-refractivity contribution is 7.89. The molecule has 5 nitrogen and oxygen atoms in total. The molecule has 0 unspecified atom stereocenters. The number of aromatic nitrogens is 2. The van der Waals surface area contributed by atoms with Crippen LogP contribution in [0.25, 0.3) is 0 Å². The van der Waals surface area contributed by atoms with Gasteiger partial charge in [-0.2, -0.15) is 17.9 Å². The molecule has 0 radical (unpaired) electrons. The van der Waals surface area contributed by atoms with Gasteiger partial charge in [0.15, 0.2) is 0 Å². The first kappa shape index (κ1) is 19.1. The molecule has 0 aliphatic carbocycles. The average Bonchev–Trinajstić information content (AvgIpc) is 3.06. The summed E-state index contributed by atoms with van der Waals surface area (Å²) in [6, 6.07) is 11.5. The number of alkyl halides is 3. The largest absolute Gasteiger partial charge is 0.416 e. The molecule has 0 aliphatic rings. The van der Waals surface area contributed by atoms with Crippen LogP contribution in [0, 0.1) is 0 Å². The van der Waals surface area contributed by atoms with Crippen molar-refractivity contribution in [1.29, 1.82) is 0 Å². The Labute approximate surface area is 154 Å². The molecule has 2 aromatic carbocycles.